The van der Waals surface area contributed by atoms with Gasteiger partial charge in [0.25, 0.3) is 0 Å². The van der Waals surface area contributed by atoms with E-state index in [2.05, 4.69) is 36.5 Å². The minimum absolute atomic E-state index is 0.0342. The highest BCUT2D eigenvalue weighted by Crippen LogP contribution is 2.31. The van der Waals surface area contributed by atoms with E-state index in [0.29, 0.717) is 6.54 Å². The van der Waals surface area contributed by atoms with Crippen LogP contribution < -0.4 is 5.32 Å². The third-order valence-electron chi connectivity index (χ3n) is 4.26. The number of rotatable bonds is 3. The number of aryl methyl sites for hydroxylation is 1. The number of amides is 2. The molecule has 3 rings (SSSR count). The molecular weight excluding hydrogens is 272 g/mol. The van der Waals surface area contributed by atoms with Crippen molar-refractivity contribution in [3.8, 4) is 0 Å². The molecule has 0 spiro atoms. The first-order valence-corrected chi connectivity index (χ1v) is 7.89. The van der Waals surface area contributed by atoms with Crippen molar-refractivity contribution in [2.75, 3.05) is 6.54 Å². The van der Waals surface area contributed by atoms with Crippen LogP contribution in [0.25, 0.3) is 0 Å². The van der Waals surface area contributed by atoms with Crippen molar-refractivity contribution in [2.24, 2.45) is 0 Å². The Labute approximate surface area is 132 Å². The van der Waals surface area contributed by atoms with Gasteiger partial charge in [0.05, 0.1) is 6.04 Å². The molecule has 1 aliphatic rings. The molecule has 0 bridgehead atoms. The van der Waals surface area contributed by atoms with Gasteiger partial charge in [-0.15, -0.1) is 0 Å². The molecule has 0 radical (unpaired) electrons. The molecule has 3 heteroatoms. The number of urea groups is 1. The van der Waals surface area contributed by atoms with Crippen LogP contribution in [0.3, 0.4) is 0 Å². The van der Waals surface area contributed by atoms with Crippen molar-refractivity contribution < 1.29 is 4.79 Å². The number of carbonyl (C=O) groups is 1. The number of carbonyl (C=O) groups excluding carboxylic acids is 1. The van der Waals surface area contributed by atoms with Gasteiger partial charge < -0.3 is 10.2 Å². The Morgan fingerprint density at radius 1 is 1.14 bits per heavy atom. The van der Waals surface area contributed by atoms with Crippen LogP contribution in [0.1, 0.15) is 35.6 Å². The van der Waals surface area contributed by atoms with E-state index in [0.717, 1.165) is 24.9 Å². The smallest absolute Gasteiger partial charge is 0.318 e. The second-order valence-corrected chi connectivity index (χ2v) is 5.91. The lowest BCUT2D eigenvalue weighted by molar-refractivity contribution is 0.192. The van der Waals surface area contributed by atoms with Gasteiger partial charge in [-0.3, -0.25) is 0 Å². The lowest BCUT2D eigenvalue weighted by atomic mass is 10.0. The normalized spacial score (nSPS) is 17.5. The lowest BCUT2D eigenvalue weighted by Crippen LogP contribution is -2.39. The van der Waals surface area contributed by atoms with E-state index in [4.69, 9.17) is 0 Å². The summed E-state index contributed by atoms with van der Waals surface area (Å²) in [7, 11) is 0. The van der Waals surface area contributed by atoms with Gasteiger partial charge in [0.1, 0.15) is 0 Å². The van der Waals surface area contributed by atoms with Gasteiger partial charge in [-0.1, -0.05) is 60.2 Å². The molecule has 1 saturated heterocycles. The van der Waals surface area contributed by atoms with E-state index < -0.39 is 0 Å². The van der Waals surface area contributed by atoms with Crippen molar-refractivity contribution in [3.05, 3.63) is 71.3 Å². The average molecular weight is 294 g/mol. The quantitative estimate of drug-likeness (QED) is 0.910. The third-order valence-corrected chi connectivity index (χ3v) is 4.26. The fraction of sp³-hybridized carbons (Fsp3) is 0.316. The average Bonchev–Trinajstić information content (AvgIpc) is 3.04. The van der Waals surface area contributed by atoms with Gasteiger partial charge in [0, 0.05) is 13.1 Å². The van der Waals surface area contributed by atoms with Gasteiger partial charge in [-0.2, -0.15) is 0 Å². The fourth-order valence-corrected chi connectivity index (χ4v) is 3.02. The topological polar surface area (TPSA) is 32.3 Å². The summed E-state index contributed by atoms with van der Waals surface area (Å²) in [6, 6.07) is 18.8. The zero-order chi connectivity index (χ0) is 15.4. The van der Waals surface area contributed by atoms with Crippen LogP contribution in [0.4, 0.5) is 4.79 Å². The molecule has 2 amide bonds. The highest BCUT2D eigenvalue weighted by atomic mass is 16.2. The molecule has 2 aromatic rings. The lowest BCUT2D eigenvalue weighted by Gasteiger charge is -2.25. The highest BCUT2D eigenvalue weighted by molar-refractivity contribution is 5.75. The maximum absolute atomic E-state index is 12.5. The van der Waals surface area contributed by atoms with Crippen molar-refractivity contribution >= 4 is 6.03 Å². The zero-order valence-electron chi connectivity index (χ0n) is 13.0. The fourth-order valence-electron chi connectivity index (χ4n) is 3.02. The van der Waals surface area contributed by atoms with E-state index >= 15 is 0 Å². The minimum Gasteiger partial charge on any atom is -0.334 e. The van der Waals surface area contributed by atoms with Crippen molar-refractivity contribution in [1.29, 1.82) is 0 Å². The molecule has 1 atom stereocenters. The molecule has 0 aromatic heterocycles. The predicted molar refractivity (Wildman–Crippen MR) is 88.5 cm³/mol. The minimum atomic E-state index is 0.0342. The van der Waals surface area contributed by atoms with Crippen molar-refractivity contribution in [2.45, 2.75) is 32.4 Å². The molecule has 1 aliphatic heterocycles. The Kier molecular flexibility index (Phi) is 4.42. The van der Waals surface area contributed by atoms with E-state index in [1.54, 1.807) is 0 Å². The van der Waals surface area contributed by atoms with Crippen LogP contribution in [-0.4, -0.2) is 17.5 Å². The molecule has 3 nitrogen and oxygen atoms in total. The predicted octanol–water partition coefficient (Wildman–Crippen LogP) is 4.04. The summed E-state index contributed by atoms with van der Waals surface area (Å²) in [6.07, 6.45) is 2.11. The van der Waals surface area contributed by atoms with Gasteiger partial charge in [0.2, 0.25) is 0 Å². The van der Waals surface area contributed by atoms with Crippen LogP contribution in [0.15, 0.2) is 54.6 Å². The largest absolute Gasteiger partial charge is 0.334 e. The number of nitrogens with zero attached hydrogens (tertiary/aromatic N) is 1. The second kappa shape index (κ2) is 6.65. The van der Waals surface area contributed by atoms with Crippen LogP contribution in [0.2, 0.25) is 0 Å². The molecule has 0 aliphatic carbocycles. The molecule has 0 saturated carbocycles. The van der Waals surface area contributed by atoms with Gasteiger partial charge >= 0.3 is 6.03 Å². The van der Waals surface area contributed by atoms with E-state index in [1.165, 1.54) is 11.1 Å². The monoisotopic (exact) mass is 294 g/mol. The summed E-state index contributed by atoms with van der Waals surface area (Å²) in [5.41, 5.74) is 3.61. The summed E-state index contributed by atoms with van der Waals surface area (Å²) < 4.78 is 0. The first-order chi connectivity index (χ1) is 10.7. The molecule has 114 valence electrons. The van der Waals surface area contributed by atoms with Crippen molar-refractivity contribution in [3.63, 3.8) is 0 Å². The zero-order valence-corrected chi connectivity index (χ0v) is 13.0. The van der Waals surface area contributed by atoms with Gasteiger partial charge in [-0.25, -0.2) is 4.79 Å². The number of likely N-dealkylation sites (tertiary alicyclic amines) is 1. The summed E-state index contributed by atoms with van der Waals surface area (Å²) in [4.78, 5) is 14.5. The van der Waals surface area contributed by atoms with Crippen LogP contribution in [-0.2, 0) is 6.54 Å². The van der Waals surface area contributed by atoms with Gasteiger partial charge in [0.15, 0.2) is 0 Å². The SMILES string of the molecule is Cc1ccc([C@H]2CCCN2C(=O)NCc2ccccc2)cc1. The molecule has 2 aromatic carbocycles. The standard InChI is InChI=1S/C19H22N2O/c1-15-9-11-17(12-10-15)18-8-5-13-21(18)19(22)20-14-16-6-3-2-4-7-16/h2-4,6-7,9-12,18H,5,8,13-14H2,1H3,(H,20,22)/t18-/m1/s1. The maximum Gasteiger partial charge on any atom is 0.318 e. The molecule has 0 unspecified atom stereocenters. The number of hydrogen-bond donors (Lipinski definition) is 1. The Morgan fingerprint density at radius 3 is 2.59 bits per heavy atom. The number of benzene rings is 2. The van der Waals surface area contributed by atoms with E-state index in [-0.39, 0.29) is 12.1 Å². The van der Waals surface area contributed by atoms with E-state index in [9.17, 15) is 4.79 Å². The van der Waals surface area contributed by atoms with Gasteiger partial charge in [-0.05, 0) is 30.9 Å². The molecule has 1 N–H and O–H groups in total. The van der Waals surface area contributed by atoms with Crippen LogP contribution >= 0.6 is 0 Å². The Bertz CT molecular complexity index is 622. The molecule has 1 fully saturated rings. The Morgan fingerprint density at radius 2 is 1.86 bits per heavy atom. The second-order valence-electron chi connectivity index (χ2n) is 5.91. The third kappa shape index (κ3) is 3.30. The van der Waals surface area contributed by atoms with Crippen molar-refractivity contribution in [1.82, 2.24) is 10.2 Å². The summed E-state index contributed by atoms with van der Waals surface area (Å²) in [6.45, 7) is 3.50. The van der Waals surface area contributed by atoms with Crippen LogP contribution in [0.5, 0.6) is 0 Å². The Balaban J connectivity index is 1.65. The summed E-state index contributed by atoms with van der Waals surface area (Å²) in [5.74, 6) is 0. The summed E-state index contributed by atoms with van der Waals surface area (Å²) >= 11 is 0. The first kappa shape index (κ1) is 14.6. The van der Waals surface area contributed by atoms with E-state index in [1.807, 2.05) is 35.2 Å². The number of nitrogens with one attached hydrogen (secondary N) is 1. The first-order valence-electron chi connectivity index (χ1n) is 7.89. The van der Waals surface area contributed by atoms with Crippen LogP contribution in [0, 0.1) is 6.92 Å². The highest BCUT2D eigenvalue weighted by Gasteiger charge is 2.29. The molecule has 1 heterocycles. The number of hydrogen-bond acceptors (Lipinski definition) is 1. The summed E-state index contributed by atoms with van der Waals surface area (Å²) in [5, 5.41) is 3.04. The molecular formula is C19H22N2O. The Hall–Kier alpha value is -2.29. The maximum atomic E-state index is 12.5. The molecule has 22 heavy (non-hydrogen) atoms.